The molecule has 0 radical (unpaired) electrons. The summed E-state index contributed by atoms with van der Waals surface area (Å²) in [6, 6.07) is 8.79. The average molecular weight is 368 g/mol. The van der Waals surface area contributed by atoms with Crippen molar-refractivity contribution in [2.75, 3.05) is 18.0 Å². The van der Waals surface area contributed by atoms with Crippen LogP contribution in [0.3, 0.4) is 0 Å². The Balaban J connectivity index is 1.92. The van der Waals surface area contributed by atoms with E-state index in [0.29, 0.717) is 6.04 Å². The number of nitrogens with zero attached hydrogens (tertiary/aromatic N) is 2. The van der Waals surface area contributed by atoms with Crippen molar-refractivity contribution in [2.24, 2.45) is 0 Å². The lowest BCUT2D eigenvalue weighted by atomic mass is 10.1. The Morgan fingerprint density at radius 1 is 1.24 bits per heavy atom. The molecular weight excluding hydrogens is 346 g/mol. The maximum Gasteiger partial charge on any atom is 0.185 e. The summed E-state index contributed by atoms with van der Waals surface area (Å²) < 4.78 is 1.12. The van der Waals surface area contributed by atoms with Crippen LogP contribution in [-0.2, 0) is 6.54 Å². The van der Waals surface area contributed by atoms with Crippen LogP contribution in [-0.4, -0.2) is 18.1 Å². The summed E-state index contributed by atoms with van der Waals surface area (Å²) >= 11 is 5.24. The molecule has 0 amide bonds. The van der Waals surface area contributed by atoms with E-state index in [2.05, 4.69) is 76.2 Å². The molecule has 114 valence electrons. The largest absolute Gasteiger partial charge is 0.349 e. The van der Waals surface area contributed by atoms with Gasteiger partial charge in [0.15, 0.2) is 5.13 Å². The number of rotatable bonds is 7. The van der Waals surface area contributed by atoms with Gasteiger partial charge >= 0.3 is 0 Å². The van der Waals surface area contributed by atoms with Crippen molar-refractivity contribution in [3.63, 3.8) is 0 Å². The van der Waals surface area contributed by atoms with Crippen LogP contribution in [0.1, 0.15) is 37.3 Å². The van der Waals surface area contributed by atoms with Crippen molar-refractivity contribution in [3.05, 3.63) is 45.4 Å². The fraction of sp³-hybridized carbons (Fsp3) is 0.438. The number of thiazole rings is 1. The van der Waals surface area contributed by atoms with E-state index >= 15 is 0 Å². The summed E-state index contributed by atoms with van der Waals surface area (Å²) in [5.41, 5.74) is 1.30. The van der Waals surface area contributed by atoms with E-state index in [0.717, 1.165) is 29.2 Å². The Morgan fingerprint density at radius 3 is 2.52 bits per heavy atom. The molecule has 0 saturated carbocycles. The first kappa shape index (κ1) is 16.5. The molecule has 21 heavy (non-hydrogen) atoms. The van der Waals surface area contributed by atoms with Crippen molar-refractivity contribution in [1.29, 1.82) is 0 Å². The smallest absolute Gasteiger partial charge is 0.185 e. The highest BCUT2D eigenvalue weighted by Crippen LogP contribution is 2.23. The Bertz CT molecular complexity index is 549. The van der Waals surface area contributed by atoms with E-state index in [1.54, 1.807) is 11.3 Å². The highest BCUT2D eigenvalue weighted by atomic mass is 79.9. The molecule has 0 spiro atoms. The molecule has 1 atom stereocenters. The number of hydrogen-bond acceptors (Lipinski definition) is 4. The molecule has 1 heterocycles. The molecule has 0 aliphatic heterocycles. The Hall–Kier alpha value is -0.910. The summed E-state index contributed by atoms with van der Waals surface area (Å²) in [6.45, 7) is 9.39. The SMILES string of the molecule is CCN(CC)c1ncc(CN[C@H](C)c2ccc(Br)cc2)s1. The third kappa shape index (κ3) is 4.53. The molecule has 0 fully saturated rings. The van der Waals surface area contributed by atoms with Crippen LogP contribution in [0.4, 0.5) is 5.13 Å². The van der Waals surface area contributed by atoms with Crippen molar-refractivity contribution >= 4 is 32.4 Å². The van der Waals surface area contributed by atoms with Crippen LogP contribution in [0, 0.1) is 0 Å². The summed E-state index contributed by atoms with van der Waals surface area (Å²) in [5, 5.41) is 4.68. The van der Waals surface area contributed by atoms with Gasteiger partial charge in [-0.25, -0.2) is 4.98 Å². The molecule has 2 rings (SSSR count). The number of aromatic nitrogens is 1. The topological polar surface area (TPSA) is 28.2 Å². The Kier molecular flexibility index (Phi) is 6.21. The quantitative estimate of drug-likeness (QED) is 0.774. The summed E-state index contributed by atoms with van der Waals surface area (Å²) in [5.74, 6) is 0. The molecule has 0 aliphatic carbocycles. The van der Waals surface area contributed by atoms with Crippen LogP contribution < -0.4 is 10.2 Å². The van der Waals surface area contributed by atoms with Crippen molar-refractivity contribution in [1.82, 2.24) is 10.3 Å². The highest BCUT2D eigenvalue weighted by molar-refractivity contribution is 9.10. The number of hydrogen-bond donors (Lipinski definition) is 1. The molecule has 5 heteroatoms. The van der Waals surface area contributed by atoms with Gasteiger partial charge in [-0.2, -0.15) is 0 Å². The lowest BCUT2D eigenvalue weighted by Gasteiger charge is -2.16. The maximum absolute atomic E-state index is 4.52. The molecule has 0 unspecified atom stereocenters. The molecule has 1 aromatic carbocycles. The van der Waals surface area contributed by atoms with Crippen LogP contribution >= 0.6 is 27.3 Å². The molecule has 1 aromatic heterocycles. The highest BCUT2D eigenvalue weighted by Gasteiger charge is 2.09. The van der Waals surface area contributed by atoms with Gasteiger partial charge in [-0.15, -0.1) is 11.3 Å². The van der Waals surface area contributed by atoms with E-state index in [9.17, 15) is 0 Å². The molecular formula is C16H22BrN3S. The van der Waals surface area contributed by atoms with E-state index in [-0.39, 0.29) is 0 Å². The first-order valence-electron chi connectivity index (χ1n) is 7.32. The van der Waals surface area contributed by atoms with Gasteiger partial charge in [0.05, 0.1) is 0 Å². The van der Waals surface area contributed by atoms with Gasteiger partial charge in [0.2, 0.25) is 0 Å². The monoisotopic (exact) mass is 367 g/mol. The second kappa shape index (κ2) is 7.92. The van der Waals surface area contributed by atoms with Gasteiger partial charge in [0, 0.05) is 41.2 Å². The number of anilines is 1. The Morgan fingerprint density at radius 2 is 1.90 bits per heavy atom. The van der Waals surface area contributed by atoms with Gasteiger partial charge in [0.1, 0.15) is 0 Å². The number of benzene rings is 1. The van der Waals surface area contributed by atoms with Gasteiger partial charge in [-0.1, -0.05) is 28.1 Å². The molecule has 1 N–H and O–H groups in total. The van der Waals surface area contributed by atoms with Crippen LogP contribution in [0.2, 0.25) is 0 Å². The van der Waals surface area contributed by atoms with Gasteiger partial charge in [-0.3, -0.25) is 0 Å². The van der Waals surface area contributed by atoms with Crippen molar-refractivity contribution in [3.8, 4) is 0 Å². The van der Waals surface area contributed by atoms with Crippen LogP contribution in [0.25, 0.3) is 0 Å². The zero-order valence-electron chi connectivity index (χ0n) is 12.8. The summed E-state index contributed by atoms with van der Waals surface area (Å²) in [7, 11) is 0. The minimum Gasteiger partial charge on any atom is -0.349 e. The minimum atomic E-state index is 0.331. The predicted octanol–water partition coefficient (Wildman–Crippen LogP) is 4.60. The zero-order chi connectivity index (χ0) is 15.2. The first-order valence-corrected chi connectivity index (χ1v) is 8.93. The fourth-order valence-corrected chi connectivity index (χ4v) is 3.39. The van der Waals surface area contributed by atoms with Gasteiger partial charge in [-0.05, 0) is 38.5 Å². The molecule has 2 aromatic rings. The average Bonchev–Trinajstić information content (AvgIpc) is 2.96. The van der Waals surface area contributed by atoms with Gasteiger partial charge < -0.3 is 10.2 Å². The summed E-state index contributed by atoms with van der Waals surface area (Å²) in [4.78, 5) is 8.08. The predicted molar refractivity (Wildman–Crippen MR) is 95.1 cm³/mol. The fourth-order valence-electron chi connectivity index (χ4n) is 2.14. The number of nitrogens with one attached hydrogen (secondary N) is 1. The normalized spacial score (nSPS) is 12.4. The van der Waals surface area contributed by atoms with Crippen molar-refractivity contribution < 1.29 is 0 Å². The maximum atomic E-state index is 4.52. The van der Waals surface area contributed by atoms with Gasteiger partial charge in [0.25, 0.3) is 0 Å². The molecule has 3 nitrogen and oxygen atoms in total. The molecule has 0 bridgehead atoms. The van der Waals surface area contributed by atoms with E-state index in [4.69, 9.17) is 0 Å². The lowest BCUT2D eigenvalue weighted by Crippen LogP contribution is -2.21. The third-order valence-corrected chi connectivity index (χ3v) is 5.11. The van der Waals surface area contributed by atoms with E-state index in [1.807, 2.05) is 6.20 Å². The second-order valence-corrected chi connectivity index (χ2v) is 6.94. The minimum absolute atomic E-state index is 0.331. The standard InChI is InChI=1S/C16H22BrN3S/c1-4-20(5-2)16-19-11-15(21-16)10-18-12(3)13-6-8-14(17)9-7-13/h6-9,11-12,18H,4-5,10H2,1-3H3/t12-/m1/s1. The van der Waals surface area contributed by atoms with E-state index < -0.39 is 0 Å². The summed E-state index contributed by atoms with van der Waals surface area (Å²) in [6.07, 6.45) is 1.99. The molecule has 0 saturated heterocycles. The van der Waals surface area contributed by atoms with Crippen LogP contribution in [0.5, 0.6) is 0 Å². The number of halogens is 1. The first-order chi connectivity index (χ1) is 10.1. The second-order valence-electron chi connectivity index (χ2n) is 4.94. The van der Waals surface area contributed by atoms with E-state index in [1.165, 1.54) is 10.4 Å². The lowest BCUT2D eigenvalue weighted by molar-refractivity contribution is 0.578. The van der Waals surface area contributed by atoms with Crippen LogP contribution in [0.15, 0.2) is 34.9 Å². The third-order valence-electron chi connectivity index (χ3n) is 3.53. The molecule has 0 aliphatic rings. The Labute approximate surface area is 139 Å². The van der Waals surface area contributed by atoms with Crippen molar-refractivity contribution in [2.45, 2.75) is 33.4 Å². The zero-order valence-corrected chi connectivity index (χ0v) is 15.2.